The van der Waals surface area contributed by atoms with Crippen molar-refractivity contribution in [1.82, 2.24) is 4.31 Å². The van der Waals surface area contributed by atoms with Crippen LogP contribution < -0.4 is 5.32 Å². The summed E-state index contributed by atoms with van der Waals surface area (Å²) in [4.78, 5) is 25.8. The van der Waals surface area contributed by atoms with Gasteiger partial charge in [-0.3, -0.25) is 13.9 Å². The molecular weight excluding hydrogens is 496 g/mol. The van der Waals surface area contributed by atoms with Crippen molar-refractivity contribution in [3.8, 4) is 0 Å². The molecule has 3 rings (SSSR count). The van der Waals surface area contributed by atoms with Gasteiger partial charge in [0.1, 0.15) is 9.77 Å². The van der Waals surface area contributed by atoms with E-state index in [1.165, 1.54) is 13.1 Å². The molecule has 0 bridgehead atoms. The lowest BCUT2D eigenvalue weighted by atomic mass is 10.0. The number of thiophene rings is 1. The summed E-state index contributed by atoms with van der Waals surface area (Å²) in [6, 6.07) is 16.8. The molecule has 3 aromatic rings. The van der Waals surface area contributed by atoms with Crippen molar-refractivity contribution in [3.05, 3.63) is 106 Å². The molecule has 0 spiro atoms. The minimum absolute atomic E-state index is 0.0513. The number of nitrogens with zero attached hydrogens (tertiary/aromatic N) is 1. The van der Waals surface area contributed by atoms with Gasteiger partial charge in [0.25, 0.3) is 15.9 Å². The number of likely N-dealkylation sites (N-methyl/N-ethyl adjacent to an activating group) is 1. The average molecular weight is 525 g/mol. The van der Waals surface area contributed by atoms with Gasteiger partial charge in [0.2, 0.25) is 0 Å². The molecular formula is C27H28N2O5S2. The highest BCUT2D eigenvalue weighted by Crippen LogP contribution is 2.28. The molecule has 188 valence electrons. The third-order valence-corrected chi connectivity index (χ3v) is 8.13. The Morgan fingerprint density at radius 2 is 1.78 bits per heavy atom. The Labute approximate surface area is 215 Å². The molecule has 36 heavy (non-hydrogen) atoms. The largest absolute Gasteiger partial charge is 0.378 e. The van der Waals surface area contributed by atoms with Gasteiger partial charge in [-0.15, -0.1) is 11.3 Å². The zero-order valence-corrected chi connectivity index (χ0v) is 21.9. The number of rotatable bonds is 11. The third-order valence-electron chi connectivity index (χ3n) is 5.26. The Morgan fingerprint density at radius 3 is 2.47 bits per heavy atom. The van der Waals surface area contributed by atoms with E-state index in [1.54, 1.807) is 79.1 Å². The number of carbonyl (C=O) groups excluding carboxylic acids is 2. The number of sulfonamides is 1. The lowest BCUT2D eigenvalue weighted by Gasteiger charge is -2.20. The number of amides is 1. The second kappa shape index (κ2) is 12.4. The van der Waals surface area contributed by atoms with E-state index >= 15 is 0 Å². The molecule has 0 saturated carbocycles. The minimum atomic E-state index is -4.01. The fraction of sp³-hybridized carbons (Fsp3) is 0.185. The highest BCUT2D eigenvalue weighted by molar-refractivity contribution is 7.89. The van der Waals surface area contributed by atoms with E-state index in [2.05, 4.69) is 5.32 Å². The monoisotopic (exact) mass is 524 g/mol. The molecule has 1 amide bonds. The molecule has 9 heteroatoms. The first-order valence-electron chi connectivity index (χ1n) is 11.3. The number of nitrogens with one attached hydrogen (secondary N) is 1. The van der Waals surface area contributed by atoms with Crippen LogP contribution in [0.2, 0.25) is 0 Å². The molecule has 0 unspecified atom stereocenters. The molecule has 0 saturated heterocycles. The Bertz CT molecular complexity index is 1380. The average Bonchev–Trinajstić information content (AvgIpc) is 3.40. The fourth-order valence-corrected chi connectivity index (χ4v) is 5.91. The van der Waals surface area contributed by atoms with E-state index in [0.29, 0.717) is 35.7 Å². The van der Waals surface area contributed by atoms with Gasteiger partial charge in [0.05, 0.1) is 6.61 Å². The normalized spacial score (nSPS) is 12.0. The predicted molar refractivity (Wildman–Crippen MR) is 143 cm³/mol. The predicted octanol–water partition coefficient (Wildman–Crippen LogP) is 5.35. The number of anilines is 1. The number of ether oxygens (including phenoxy) is 1. The molecule has 2 aromatic carbocycles. The SMILES string of the molecule is C/C=C(\C=C/COCC)N(C)S(=O)(=O)c1ccsc1C(=O)Nc1cccc(C(=O)c2ccccc2)c1. The molecule has 7 nitrogen and oxygen atoms in total. The molecule has 0 aliphatic heterocycles. The second-order valence-electron chi connectivity index (χ2n) is 7.59. The first-order valence-corrected chi connectivity index (χ1v) is 13.6. The Balaban J connectivity index is 1.81. The molecule has 0 aliphatic rings. The van der Waals surface area contributed by atoms with Crippen molar-refractivity contribution in [3.63, 3.8) is 0 Å². The number of hydrogen-bond donors (Lipinski definition) is 1. The molecule has 1 aromatic heterocycles. The summed E-state index contributed by atoms with van der Waals surface area (Å²) >= 11 is 1.03. The Hall–Kier alpha value is -3.53. The summed E-state index contributed by atoms with van der Waals surface area (Å²) in [6.07, 6.45) is 5.06. The maximum absolute atomic E-state index is 13.4. The first kappa shape index (κ1) is 27.1. The summed E-state index contributed by atoms with van der Waals surface area (Å²) < 4.78 is 33.1. The van der Waals surface area contributed by atoms with E-state index < -0.39 is 15.9 Å². The van der Waals surface area contributed by atoms with Gasteiger partial charge in [0, 0.05) is 36.2 Å². The summed E-state index contributed by atoms with van der Waals surface area (Å²) in [7, 11) is -2.57. The maximum Gasteiger partial charge on any atom is 0.267 e. The van der Waals surface area contributed by atoms with Crippen LogP contribution >= 0.6 is 11.3 Å². The van der Waals surface area contributed by atoms with Gasteiger partial charge in [-0.1, -0.05) is 54.6 Å². The summed E-state index contributed by atoms with van der Waals surface area (Å²) in [6.45, 7) is 4.53. The van der Waals surface area contributed by atoms with Crippen LogP contribution in [0.4, 0.5) is 5.69 Å². The molecule has 0 radical (unpaired) electrons. The second-order valence-corrected chi connectivity index (χ2v) is 10.4. The molecule has 1 heterocycles. The third kappa shape index (κ3) is 6.37. The highest BCUT2D eigenvalue weighted by Gasteiger charge is 2.28. The van der Waals surface area contributed by atoms with Crippen LogP contribution in [-0.4, -0.2) is 44.7 Å². The van der Waals surface area contributed by atoms with Crippen LogP contribution in [0, 0.1) is 0 Å². The van der Waals surface area contributed by atoms with Crippen molar-refractivity contribution < 1.29 is 22.7 Å². The van der Waals surface area contributed by atoms with E-state index in [1.807, 2.05) is 13.0 Å². The van der Waals surface area contributed by atoms with Crippen LogP contribution in [0.5, 0.6) is 0 Å². The summed E-state index contributed by atoms with van der Waals surface area (Å²) in [5.74, 6) is -0.751. The Morgan fingerprint density at radius 1 is 1.06 bits per heavy atom. The van der Waals surface area contributed by atoms with Gasteiger partial charge < -0.3 is 10.1 Å². The maximum atomic E-state index is 13.4. The topological polar surface area (TPSA) is 92.8 Å². The highest BCUT2D eigenvalue weighted by atomic mass is 32.2. The van der Waals surface area contributed by atoms with Crippen molar-refractivity contribution >= 4 is 38.7 Å². The van der Waals surface area contributed by atoms with Gasteiger partial charge in [-0.05, 0) is 43.5 Å². The molecule has 0 atom stereocenters. The lowest BCUT2D eigenvalue weighted by molar-refractivity contribution is 0.102. The first-order chi connectivity index (χ1) is 17.3. The van der Waals surface area contributed by atoms with Gasteiger partial charge in [-0.25, -0.2) is 8.42 Å². The zero-order valence-electron chi connectivity index (χ0n) is 20.3. The van der Waals surface area contributed by atoms with Crippen molar-refractivity contribution in [1.29, 1.82) is 0 Å². The molecule has 0 aliphatic carbocycles. The number of hydrogen-bond acceptors (Lipinski definition) is 6. The lowest BCUT2D eigenvalue weighted by Crippen LogP contribution is -2.27. The molecule has 0 fully saturated rings. The van der Waals surface area contributed by atoms with E-state index in [4.69, 9.17) is 4.74 Å². The van der Waals surface area contributed by atoms with E-state index in [9.17, 15) is 18.0 Å². The smallest absolute Gasteiger partial charge is 0.267 e. The van der Waals surface area contributed by atoms with Gasteiger partial charge >= 0.3 is 0 Å². The number of ketones is 1. The van der Waals surface area contributed by atoms with Crippen molar-refractivity contribution in [2.75, 3.05) is 25.6 Å². The Kier molecular flexibility index (Phi) is 9.35. The van der Waals surface area contributed by atoms with E-state index in [0.717, 1.165) is 15.6 Å². The van der Waals surface area contributed by atoms with Crippen LogP contribution in [0.1, 0.15) is 39.4 Å². The van der Waals surface area contributed by atoms with Crippen LogP contribution in [0.25, 0.3) is 0 Å². The quantitative estimate of drug-likeness (QED) is 0.207. The van der Waals surface area contributed by atoms with E-state index in [-0.39, 0.29) is 15.6 Å². The number of carbonyl (C=O) groups is 2. The number of benzene rings is 2. The molecule has 1 N–H and O–H groups in total. The van der Waals surface area contributed by atoms with Gasteiger partial charge in [0.15, 0.2) is 5.78 Å². The fourth-order valence-electron chi connectivity index (χ4n) is 3.37. The van der Waals surface area contributed by atoms with Crippen LogP contribution in [-0.2, 0) is 14.8 Å². The standard InChI is InChI=1S/C27H28N2O5S2/c1-4-23(15-10-17-34-5-2)29(3)36(32,33)24-16-18-35-26(24)27(31)28-22-14-9-13-21(19-22)25(30)20-11-7-6-8-12-20/h4,6-16,18-19H,5,17H2,1-3H3,(H,28,31)/b15-10-,23-4+. The zero-order chi connectivity index (χ0) is 26.1. The number of allylic oxidation sites excluding steroid dienone is 2. The summed E-state index contributed by atoms with van der Waals surface area (Å²) in [5.41, 5.74) is 1.78. The summed E-state index contributed by atoms with van der Waals surface area (Å²) in [5, 5.41) is 4.29. The van der Waals surface area contributed by atoms with Crippen molar-refractivity contribution in [2.45, 2.75) is 18.7 Å². The van der Waals surface area contributed by atoms with Crippen LogP contribution in [0.3, 0.4) is 0 Å². The van der Waals surface area contributed by atoms with Crippen LogP contribution in [0.15, 0.2) is 94.9 Å². The van der Waals surface area contributed by atoms with Crippen molar-refractivity contribution in [2.24, 2.45) is 0 Å². The minimum Gasteiger partial charge on any atom is -0.378 e. The van der Waals surface area contributed by atoms with Gasteiger partial charge in [-0.2, -0.15) is 0 Å².